The third-order valence-electron chi connectivity index (χ3n) is 6.90. The molecule has 5 nitrogen and oxygen atoms in total. The second kappa shape index (κ2) is 7.53. The van der Waals surface area contributed by atoms with E-state index in [1.807, 2.05) is 0 Å². The van der Waals surface area contributed by atoms with Crippen LogP contribution in [0.15, 0.2) is 0 Å². The number of rotatable bonds is 5. The molecule has 1 spiro atoms. The van der Waals surface area contributed by atoms with Crippen LogP contribution in [0, 0.1) is 17.8 Å². The fourth-order valence-electron chi connectivity index (χ4n) is 4.89. The monoisotopic (exact) mass is 350 g/mol. The van der Waals surface area contributed by atoms with Crippen molar-refractivity contribution in [1.29, 1.82) is 0 Å². The van der Waals surface area contributed by atoms with Gasteiger partial charge in [0.05, 0.1) is 5.60 Å². The van der Waals surface area contributed by atoms with Gasteiger partial charge in [-0.2, -0.15) is 0 Å². The number of hydrogen-bond donors (Lipinski definition) is 1. The van der Waals surface area contributed by atoms with Crippen LogP contribution in [0.5, 0.6) is 0 Å². The standard InChI is InChI=1S/C20H34N2O3/c1-15-13-22(14-17-5-10-24-11-6-17)9-8-20(15)7-4-18(25-20)19(23)21-12-16-2-3-16/h15-18H,2-14H2,1H3,(H,21,23)/t15-,18-,20+/m0/s1. The van der Waals surface area contributed by atoms with E-state index < -0.39 is 0 Å². The molecule has 4 rings (SSSR count). The van der Waals surface area contributed by atoms with Crippen LogP contribution in [0.1, 0.15) is 51.9 Å². The Kier molecular flexibility index (Phi) is 5.35. The van der Waals surface area contributed by atoms with E-state index in [0.29, 0.717) is 5.92 Å². The van der Waals surface area contributed by atoms with Gasteiger partial charge in [0.2, 0.25) is 5.91 Å². The van der Waals surface area contributed by atoms with E-state index in [4.69, 9.17) is 9.47 Å². The normalized spacial score (nSPS) is 37.5. The number of carbonyl (C=O) groups excluding carboxylic acids is 1. The van der Waals surface area contributed by atoms with Gasteiger partial charge in [-0.25, -0.2) is 0 Å². The zero-order valence-electron chi connectivity index (χ0n) is 15.7. The van der Waals surface area contributed by atoms with Crippen molar-refractivity contribution in [2.45, 2.75) is 63.6 Å². The second-order valence-corrected chi connectivity index (χ2v) is 8.86. The number of hydrogen-bond acceptors (Lipinski definition) is 4. The molecule has 1 saturated carbocycles. The average Bonchev–Trinajstić information content (AvgIpc) is 3.35. The Morgan fingerprint density at radius 3 is 2.64 bits per heavy atom. The van der Waals surface area contributed by atoms with Crippen LogP contribution >= 0.6 is 0 Å². The third kappa shape index (κ3) is 4.20. The minimum absolute atomic E-state index is 0.0617. The van der Waals surface area contributed by atoms with Crippen LogP contribution in [-0.4, -0.2) is 61.9 Å². The molecule has 0 aromatic carbocycles. The number of ether oxygens (including phenoxy) is 2. The molecular weight excluding hydrogens is 316 g/mol. The predicted molar refractivity (Wildman–Crippen MR) is 96.3 cm³/mol. The van der Waals surface area contributed by atoms with E-state index >= 15 is 0 Å². The number of nitrogens with one attached hydrogen (secondary N) is 1. The minimum atomic E-state index is -0.219. The molecule has 1 amide bonds. The van der Waals surface area contributed by atoms with Gasteiger partial charge in [-0.1, -0.05) is 6.92 Å². The van der Waals surface area contributed by atoms with Crippen LogP contribution in [0.4, 0.5) is 0 Å². The summed E-state index contributed by atoms with van der Waals surface area (Å²) in [4.78, 5) is 15.0. The Hall–Kier alpha value is -0.650. The number of likely N-dealkylation sites (tertiary alicyclic amines) is 1. The SMILES string of the molecule is C[C@H]1CN(CC2CCOCC2)CC[C@]12CC[C@@H](C(=O)NCC1CC1)O2. The molecule has 142 valence electrons. The first-order valence-corrected chi connectivity index (χ1v) is 10.4. The smallest absolute Gasteiger partial charge is 0.249 e. The molecule has 0 radical (unpaired) electrons. The Morgan fingerprint density at radius 2 is 1.92 bits per heavy atom. The maximum Gasteiger partial charge on any atom is 0.249 e. The number of carbonyl (C=O) groups is 1. The zero-order chi connectivity index (χ0) is 17.3. The van der Waals surface area contributed by atoms with Crippen LogP contribution in [-0.2, 0) is 14.3 Å². The van der Waals surface area contributed by atoms with Crippen LogP contribution < -0.4 is 5.32 Å². The van der Waals surface area contributed by atoms with Crippen LogP contribution in [0.3, 0.4) is 0 Å². The summed E-state index contributed by atoms with van der Waals surface area (Å²) in [5.74, 6) is 2.15. The largest absolute Gasteiger partial charge is 0.381 e. The highest BCUT2D eigenvalue weighted by atomic mass is 16.5. The van der Waals surface area contributed by atoms with Gasteiger partial charge in [-0.05, 0) is 62.7 Å². The van der Waals surface area contributed by atoms with Gasteiger partial charge < -0.3 is 19.7 Å². The van der Waals surface area contributed by atoms with Crippen molar-refractivity contribution in [2.75, 3.05) is 39.4 Å². The van der Waals surface area contributed by atoms with Crippen molar-refractivity contribution in [1.82, 2.24) is 10.2 Å². The molecule has 3 aliphatic heterocycles. The lowest BCUT2D eigenvalue weighted by molar-refractivity contribution is -0.148. The highest BCUT2D eigenvalue weighted by Crippen LogP contribution is 2.42. The fourth-order valence-corrected chi connectivity index (χ4v) is 4.89. The second-order valence-electron chi connectivity index (χ2n) is 8.86. The molecule has 0 unspecified atom stereocenters. The summed E-state index contributed by atoms with van der Waals surface area (Å²) in [5.41, 5.74) is -0.0617. The summed E-state index contributed by atoms with van der Waals surface area (Å²) in [6.45, 7) is 8.44. The molecule has 0 bridgehead atoms. The highest BCUT2D eigenvalue weighted by Gasteiger charge is 2.49. The highest BCUT2D eigenvalue weighted by molar-refractivity contribution is 5.81. The maximum absolute atomic E-state index is 12.4. The molecule has 3 atom stereocenters. The minimum Gasteiger partial charge on any atom is -0.381 e. The van der Waals surface area contributed by atoms with Gasteiger partial charge in [-0.15, -0.1) is 0 Å². The first-order chi connectivity index (χ1) is 12.1. The van der Waals surface area contributed by atoms with Crippen LogP contribution in [0.25, 0.3) is 0 Å². The van der Waals surface area contributed by atoms with Crippen molar-refractivity contribution in [3.05, 3.63) is 0 Å². The molecule has 4 fully saturated rings. The lowest BCUT2D eigenvalue weighted by Gasteiger charge is -2.45. The molecule has 3 heterocycles. The van der Waals surface area contributed by atoms with Crippen LogP contribution in [0.2, 0.25) is 0 Å². The van der Waals surface area contributed by atoms with Gasteiger partial charge in [0, 0.05) is 39.4 Å². The van der Waals surface area contributed by atoms with E-state index in [9.17, 15) is 4.79 Å². The van der Waals surface area contributed by atoms with E-state index in [0.717, 1.165) is 63.9 Å². The van der Waals surface area contributed by atoms with E-state index in [1.165, 1.54) is 32.2 Å². The van der Waals surface area contributed by atoms with Gasteiger partial charge in [0.25, 0.3) is 0 Å². The van der Waals surface area contributed by atoms with Gasteiger partial charge in [0.1, 0.15) is 6.10 Å². The van der Waals surface area contributed by atoms with Crippen molar-refractivity contribution < 1.29 is 14.3 Å². The van der Waals surface area contributed by atoms with Crippen molar-refractivity contribution >= 4 is 5.91 Å². The molecular formula is C20H34N2O3. The summed E-state index contributed by atoms with van der Waals surface area (Å²) in [6, 6.07) is 0. The van der Waals surface area contributed by atoms with Gasteiger partial charge in [0.15, 0.2) is 0 Å². The average molecular weight is 351 g/mol. The van der Waals surface area contributed by atoms with Crippen molar-refractivity contribution in [3.63, 3.8) is 0 Å². The van der Waals surface area contributed by atoms with E-state index in [-0.39, 0.29) is 17.6 Å². The molecule has 3 saturated heterocycles. The molecule has 25 heavy (non-hydrogen) atoms. The first kappa shape index (κ1) is 17.7. The lowest BCUT2D eigenvalue weighted by atomic mass is 9.79. The Labute approximate surface area is 151 Å². The molecule has 1 N–H and O–H groups in total. The lowest BCUT2D eigenvalue weighted by Crippen LogP contribution is -2.52. The first-order valence-electron chi connectivity index (χ1n) is 10.4. The van der Waals surface area contributed by atoms with Gasteiger partial charge >= 0.3 is 0 Å². The molecule has 4 aliphatic rings. The summed E-state index contributed by atoms with van der Waals surface area (Å²) >= 11 is 0. The van der Waals surface area contributed by atoms with E-state index in [1.54, 1.807) is 0 Å². The molecule has 0 aromatic heterocycles. The summed E-state index contributed by atoms with van der Waals surface area (Å²) < 4.78 is 11.9. The molecule has 0 aromatic rings. The number of amides is 1. The quantitative estimate of drug-likeness (QED) is 0.826. The molecule has 5 heteroatoms. The number of nitrogens with zero attached hydrogens (tertiary/aromatic N) is 1. The summed E-state index contributed by atoms with van der Waals surface area (Å²) in [6.07, 6.45) is 7.74. The Balaban J connectivity index is 1.26. The third-order valence-corrected chi connectivity index (χ3v) is 6.90. The van der Waals surface area contributed by atoms with Gasteiger partial charge in [-0.3, -0.25) is 4.79 Å². The topological polar surface area (TPSA) is 50.8 Å². The maximum atomic E-state index is 12.4. The van der Waals surface area contributed by atoms with E-state index in [2.05, 4.69) is 17.1 Å². The Morgan fingerprint density at radius 1 is 1.12 bits per heavy atom. The fraction of sp³-hybridized carbons (Fsp3) is 0.950. The zero-order valence-corrected chi connectivity index (χ0v) is 15.7. The number of piperidine rings is 1. The van der Waals surface area contributed by atoms with Crippen molar-refractivity contribution in [3.8, 4) is 0 Å². The van der Waals surface area contributed by atoms with Crippen molar-refractivity contribution in [2.24, 2.45) is 17.8 Å². The predicted octanol–water partition coefficient (Wildman–Crippen LogP) is 2.20. The molecule has 1 aliphatic carbocycles. The summed E-state index contributed by atoms with van der Waals surface area (Å²) in [7, 11) is 0. The Bertz CT molecular complexity index is 476. The summed E-state index contributed by atoms with van der Waals surface area (Å²) in [5, 5.41) is 3.10.